The normalized spacial score (nSPS) is 10.9. The lowest BCUT2D eigenvalue weighted by Crippen LogP contribution is -2.29. The van der Waals surface area contributed by atoms with Gasteiger partial charge in [0.25, 0.3) is 0 Å². The molecule has 3 nitrogen and oxygen atoms in total. The maximum absolute atomic E-state index is 11.9. The van der Waals surface area contributed by atoms with Crippen LogP contribution in [0.25, 0.3) is 10.9 Å². The number of halogens is 2. The second kappa shape index (κ2) is 5.21. The molecule has 0 aliphatic heterocycles. The van der Waals surface area contributed by atoms with Crippen molar-refractivity contribution >= 4 is 40.0 Å². The van der Waals surface area contributed by atoms with Gasteiger partial charge in [0.05, 0.1) is 10.5 Å². The smallest absolute Gasteiger partial charge is 0.242 e. The number of nitrogens with zero attached hydrogens (tertiary/aromatic N) is 2. The van der Waals surface area contributed by atoms with Crippen LogP contribution in [-0.4, -0.2) is 29.0 Å². The third-order valence-corrected chi connectivity index (χ3v) is 3.54. The van der Waals surface area contributed by atoms with Gasteiger partial charge in [0.1, 0.15) is 6.54 Å². The molecule has 18 heavy (non-hydrogen) atoms. The fourth-order valence-corrected chi connectivity index (χ4v) is 2.34. The molecule has 0 fully saturated rings. The van der Waals surface area contributed by atoms with Gasteiger partial charge in [-0.2, -0.15) is 0 Å². The molecule has 0 unspecified atom stereocenters. The van der Waals surface area contributed by atoms with Crippen molar-refractivity contribution in [1.29, 1.82) is 0 Å². The van der Waals surface area contributed by atoms with Gasteiger partial charge in [0.2, 0.25) is 5.91 Å². The Bertz CT molecular complexity index is 592. The van der Waals surface area contributed by atoms with E-state index in [-0.39, 0.29) is 5.91 Å². The first-order chi connectivity index (χ1) is 8.52. The van der Waals surface area contributed by atoms with E-state index in [1.807, 2.05) is 29.8 Å². The third kappa shape index (κ3) is 2.47. The molecular weight excluding hydrogens is 271 g/mol. The van der Waals surface area contributed by atoms with E-state index in [0.717, 1.165) is 10.9 Å². The van der Waals surface area contributed by atoms with Gasteiger partial charge < -0.3 is 9.47 Å². The van der Waals surface area contributed by atoms with Crippen LogP contribution in [0.5, 0.6) is 0 Å². The Morgan fingerprint density at radius 2 is 2.11 bits per heavy atom. The predicted octanol–water partition coefficient (Wildman–Crippen LogP) is 3.43. The first-order valence-electron chi connectivity index (χ1n) is 5.70. The average Bonchev–Trinajstić information content (AvgIpc) is 2.71. The van der Waals surface area contributed by atoms with Crippen LogP contribution in [0.4, 0.5) is 0 Å². The summed E-state index contributed by atoms with van der Waals surface area (Å²) in [6.07, 6.45) is 1.86. The monoisotopic (exact) mass is 284 g/mol. The van der Waals surface area contributed by atoms with E-state index in [1.165, 1.54) is 0 Å². The van der Waals surface area contributed by atoms with Crippen LogP contribution in [0, 0.1) is 0 Å². The van der Waals surface area contributed by atoms with Gasteiger partial charge >= 0.3 is 0 Å². The summed E-state index contributed by atoms with van der Waals surface area (Å²) in [5.41, 5.74) is 0.880. The molecule has 0 spiro atoms. The Balaban J connectivity index is 2.38. The molecule has 1 aromatic heterocycles. The Labute approximate surface area is 116 Å². The van der Waals surface area contributed by atoms with Gasteiger partial charge in [-0.05, 0) is 25.1 Å². The van der Waals surface area contributed by atoms with Crippen molar-refractivity contribution < 1.29 is 4.79 Å². The minimum Gasteiger partial charge on any atom is -0.344 e. The van der Waals surface area contributed by atoms with Gasteiger partial charge in [-0.25, -0.2) is 0 Å². The molecule has 0 atom stereocenters. The molecule has 1 aromatic carbocycles. The number of fused-ring (bicyclic) bond motifs is 1. The minimum absolute atomic E-state index is 0.0612. The first-order valence-corrected chi connectivity index (χ1v) is 6.46. The van der Waals surface area contributed by atoms with Crippen molar-refractivity contribution in [1.82, 2.24) is 9.47 Å². The van der Waals surface area contributed by atoms with Crippen molar-refractivity contribution in [2.75, 3.05) is 13.6 Å². The van der Waals surface area contributed by atoms with Gasteiger partial charge in [0, 0.05) is 30.2 Å². The summed E-state index contributed by atoms with van der Waals surface area (Å²) in [5, 5.41) is 2.09. The maximum atomic E-state index is 11.9. The second-order valence-electron chi connectivity index (χ2n) is 4.17. The summed E-state index contributed by atoms with van der Waals surface area (Å²) < 4.78 is 1.86. The zero-order chi connectivity index (χ0) is 13.3. The van der Waals surface area contributed by atoms with Crippen LogP contribution >= 0.6 is 23.2 Å². The molecule has 0 aliphatic carbocycles. The van der Waals surface area contributed by atoms with Crippen LogP contribution in [-0.2, 0) is 11.3 Å². The summed E-state index contributed by atoms with van der Waals surface area (Å²) in [4.78, 5) is 13.6. The van der Waals surface area contributed by atoms with Crippen LogP contribution in [0.1, 0.15) is 6.92 Å². The fourth-order valence-electron chi connectivity index (χ4n) is 1.80. The molecule has 1 amide bonds. The molecule has 1 heterocycles. The second-order valence-corrected chi connectivity index (χ2v) is 5.02. The lowest BCUT2D eigenvalue weighted by molar-refractivity contribution is -0.130. The van der Waals surface area contributed by atoms with E-state index in [9.17, 15) is 4.79 Å². The Morgan fingerprint density at radius 1 is 1.39 bits per heavy atom. The van der Waals surface area contributed by atoms with Gasteiger partial charge in [-0.3, -0.25) is 4.79 Å². The molecule has 5 heteroatoms. The van der Waals surface area contributed by atoms with E-state index >= 15 is 0 Å². The Kier molecular flexibility index (Phi) is 3.83. The zero-order valence-electron chi connectivity index (χ0n) is 10.3. The lowest BCUT2D eigenvalue weighted by atomic mass is 10.2. The summed E-state index contributed by atoms with van der Waals surface area (Å²) in [5.74, 6) is 0.0612. The Hall–Kier alpha value is -1.19. The molecule has 0 saturated carbocycles. The van der Waals surface area contributed by atoms with Crippen molar-refractivity contribution in [2.24, 2.45) is 0 Å². The average molecular weight is 285 g/mol. The highest BCUT2D eigenvalue weighted by atomic mass is 35.5. The fraction of sp³-hybridized carbons (Fsp3) is 0.308. The van der Waals surface area contributed by atoms with Gasteiger partial charge in [-0.15, -0.1) is 0 Å². The standard InChI is InChI=1S/C13H14Cl2N2O/c1-3-16(2)13(18)8-17-5-4-10-11(15)6-9(14)7-12(10)17/h4-7H,3,8H2,1-2H3. The lowest BCUT2D eigenvalue weighted by Gasteiger charge is -2.15. The molecule has 0 radical (unpaired) electrons. The molecule has 0 N–H and O–H groups in total. The Morgan fingerprint density at radius 3 is 2.78 bits per heavy atom. The minimum atomic E-state index is 0.0612. The van der Waals surface area contributed by atoms with Gasteiger partial charge in [-0.1, -0.05) is 23.2 Å². The van der Waals surface area contributed by atoms with Gasteiger partial charge in [0.15, 0.2) is 0 Å². The van der Waals surface area contributed by atoms with Crippen molar-refractivity contribution in [2.45, 2.75) is 13.5 Å². The number of carbonyl (C=O) groups excluding carboxylic acids is 1. The molecule has 0 bridgehead atoms. The number of hydrogen-bond acceptors (Lipinski definition) is 1. The van der Waals surface area contributed by atoms with Crippen LogP contribution in [0.15, 0.2) is 24.4 Å². The molecule has 2 rings (SSSR count). The number of rotatable bonds is 3. The maximum Gasteiger partial charge on any atom is 0.242 e. The zero-order valence-corrected chi connectivity index (χ0v) is 11.8. The van der Waals surface area contributed by atoms with Crippen molar-refractivity contribution in [3.63, 3.8) is 0 Å². The third-order valence-electron chi connectivity index (χ3n) is 3.01. The van der Waals surface area contributed by atoms with Crippen LogP contribution in [0.2, 0.25) is 10.0 Å². The van der Waals surface area contributed by atoms with E-state index < -0.39 is 0 Å². The summed E-state index contributed by atoms with van der Waals surface area (Å²) >= 11 is 12.1. The topological polar surface area (TPSA) is 25.2 Å². The predicted molar refractivity (Wildman–Crippen MR) is 75.3 cm³/mol. The largest absolute Gasteiger partial charge is 0.344 e. The molecule has 96 valence electrons. The molecule has 0 aliphatic rings. The van der Waals surface area contributed by atoms with E-state index in [4.69, 9.17) is 23.2 Å². The van der Waals surface area contributed by atoms with Crippen LogP contribution in [0.3, 0.4) is 0 Å². The van der Waals surface area contributed by atoms with E-state index in [0.29, 0.717) is 23.1 Å². The quantitative estimate of drug-likeness (QED) is 0.848. The summed E-state index contributed by atoms with van der Waals surface area (Å²) in [6, 6.07) is 5.42. The highest BCUT2D eigenvalue weighted by Crippen LogP contribution is 2.28. The number of aromatic nitrogens is 1. The summed E-state index contributed by atoms with van der Waals surface area (Å²) in [7, 11) is 1.79. The molecule has 2 aromatic rings. The van der Waals surface area contributed by atoms with Crippen LogP contribution < -0.4 is 0 Å². The number of carbonyl (C=O) groups is 1. The highest BCUT2D eigenvalue weighted by molar-refractivity contribution is 6.38. The number of amides is 1. The number of hydrogen-bond donors (Lipinski definition) is 0. The summed E-state index contributed by atoms with van der Waals surface area (Å²) in [6.45, 7) is 2.93. The number of likely N-dealkylation sites (N-methyl/N-ethyl adjacent to an activating group) is 1. The SMILES string of the molecule is CCN(C)C(=O)Cn1ccc2c(Cl)cc(Cl)cc21. The van der Waals surface area contributed by atoms with E-state index in [2.05, 4.69) is 0 Å². The van der Waals surface area contributed by atoms with Crippen molar-refractivity contribution in [3.05, 3.63) is 34.4 Å². The molecule has 0 saturated heterocycles. The highest BCUT2D eigenvalue weighted by Gasteiger charge is 2.11. The molecular formula is C13H14Cl2N2O. The van der Waals surface area contributed by atoms with E-state index in [1.54, 1.807) is 18.0 Å². The first kappa shape index (κ1) is 13.2. The van der Waals surface area contributed by atoms with Crippen molar-refractivity contribution in [3.8, 4) is 0 Å². The number of benzene rings is 1.